The number of hydrogen-bond acceptors (Lipinski definition) is 4. The summed E-state index contributed by atoms with van der Waals surface area (Å²) < 4.78 is 1.52. The van der Waals surface area contributed by atoms with Gasteiger partial charge in [0.15, 0.2) is 0 Å². The van der Waals surface area contributed by atoms with E-state index in [0.29, 0.717) is 16.6 Å². The van der Waals surface area contributed by atoms with Gasteiger partial charge in [-0.3, -0.25) is 0 Å². The monoisotopic (exact) mass is 259 g/mol. The highest BCUT2D eigenvalue weighted by atomic mass is 35.5. The molecule has 2 N–H and O–H groups in total. The molecule has 2 heterocycles. The number of aryl methyl sites for hydroxylation is 1. The zero-order chi connectivity index (χ0) is 12.7. The molecular weight excluding hydrogens is 250 g/mol. The summed E-state index contributed by atoms with van der Waals surface area (Å²) in [7, 11) is 0. The van der Waals surface area contributed by atoms with Gasteiger partial charge < -0.3 is 5.73 Å². The van der Waals surface area contributed by atoms with Gasteiger partial charge in [-0.25, -0.2) is 4.98 Å². The Morgan fingerprint density at radius 2 is 1.94 bits per heavy atom. The lowest BCUT2D eigenvalue weighted by atomic mass is 10.1. The number of aromatic nitrogens is 4. The van der Waals surface area contributed by atoms with Crippen LogP contribution in [0.3, 0.4) is 0 Å². The Hall–Kier alpha value is -2.14. The van der Waals surface area contributed by atoms with Gasteiger partial charge in [-0.15, -0.1) is 0 Å². The van der Waals surface area contributed by atoms with E-state index in [1.807, 2.05) is 31.2 Å². The molecular formula is C12H10ClN5. The van der Waals surface area contributed by atoms with Gasteiger partial charge in [0, 0.05) is 10.6 Å². The third-order valence-corrected chi connectivity index (χ3v) is 3.03. The largest absolute Gasteiger partial charge is 0.383 e. The maximum atomic E-state index is 6.12. The quantitative estimate of drug-likeness (QED) is 0.728. The molecule has 18 heavy (non-hydrogen) atoms. The molecule has 0 bridgehead atoms. The Labute approximate surface area is 108 Å². The van der Waals surface area contributed by atoms with Crippen molar-refractivity contribution in [3.05, 3.63) is 41.3 Å². The van der Waals surface area contributed by atoms with Crippen molar-refractivity contribution in [3.63, 3.8) is 0 Å². The van der Waals surface area contributed by atoms with Gasteiger partial charge in [0.1, 0.15) is 12.1 Å². The first-order valence-electron chi connectivity index (χ1n) is 5.38. The molecule has 0 aliphatic carbocycles. The molecule has 0 atom stereocenters. The Bertz CT molecular complexity index is 717. The van der Waals surface area contributed by atoms with Crippen LogP contribution >= 0.6 is 11.6 Å². The summed E-state index contributed by atoms with van der Waals surface area (Å²) in [5, 5.41) is 4.74. The highest BCUT2D eigenvalue weighted by Crippen LogP contribution is 2.29. The average molecular weight is 260 g/mol. The van der Waals surface area contributed by atoms with E-state index in [2.05, 4.69) is 15.1 Å². The van der Waals surface area contributed by atoms with Crippen molar-refractivity contribution in [2.24, 2.45) is 0 Å². The molecule has 3 rings (SSSR count). The number of anilines is 1. The van der Waals surface area contributed by atoms with Gasteiger partial charge in [-0.05, 0) is 24.6 Å². The van der Waals surface area contributed by atoms with Crippen molar-refractivity contribution in [1.82, 2.24) is 19.6 Å². The van der Waals surface area contributed by atoms with Crippen LogP contribution in [0, 0.1) is 6.92 Å². The van der Waals surface area contributed by atoms with E-state index < -0.39 is 0 Å². The van der Waals surface area contributed by atoms with Crippen molar-refractivity contribution in [2.45, 2.75) is 6.92 Å². The lowest BCUT2D eigenvalue weighted by molar-refractivity contribution is 0.944. The third kappa shape index (κ3) is 1.60. The van der Waals surface area contributed by atoms with Crippen molar-refractivity contribution in [1.29, 1.82) is 0 Å². The molecule has 5 nitrogen and oxygen atoms in total. The summed E-state index contributed by atoms with van der Waals surface area (Å²) in [4.78, 5) is 8.40. The summed E-state index contributed by atoms with van der Waals surface area (Å²) in [5.41, 5.74) is 8.75. The molecule has 0 saturated carbocycles. The number of fused-ring (bicyclic) bond motifs is 1. The molecule has 3 aromatic rings. The van der Waals surface area contributed by atoms with Crippen molar-refractivity contribution < 1.29 is 0 Å². The van der Waals surface area contributed by atoms with E-state index in [1.54, 1.807) is 0 Å². The number of rotatable bonds is 1. The molecule has 2 aromatic heterocycles. The van der Waals surface area contributed by atoms with Crippen molar-refractivity contribution >= 4 is 23.2 Å². The summed E-state index contributed by atoms with van der Waals surface area (Å²) in [6, 6.07) is 7.46. The first kappa shape index (κ1) is 11.0. The number of benzene rings is 1. The van der Waals surface area contributed by atoms with Gasteiger partial charge >= 0.3 is 0 Å². The number of nitrogen functional groups attached to an aromatic ring is 1. The fraction of sp³-hybridized carbons (Fsp3) is 0.0833. The summed E-state index contributed by atoms with van der Waals surface area (Å²) in [6.45, 7) is 1.90. The van der Waals surface area contributed by atoms with E-state index in [1.165, 1.54) is 10.8 Å². The predicted octanol–water partition coefficient (Wildman–Crippen LogP) is 2.34. The van der Waals surface area contributed by atoms with Crippen LogP contribution in [0.25, 0.3) is 16.9 Å². The second-order valence-electron chi connectivity index (χ2n) is 3.94. The van der Waals surface area contributed by atoms with Crippen LogP contribution in [0.5, 0.6) is 0 Å². The van der Waals surface area contributed by atoms with Crippen molar-refractivity contribution in [3.8, 4) is 11.1 Å². The number of nitrogens with zero attached hydrogens (tertiary/aromatic N) is 4. The van der Waals surface area contributed by atoms with E-state index in [0.717, 1.165) is 16.8 Å². The summed E-state index contributed by atoms with van der Waals surface area (Å²) in [5.74, 6) is 1.03. The molecule has 1 aromatic carbocycles. The molecule has 0 radical (unpaired) electrons. The third-order valence-electron chi connectivity index (χ3n) is 2.78. The predicted molar refractivity (Wildman–Crippen MR) is 70.4 cm³/mol. The topological polar surface area (TPSA) is 69.1 Å². The molecule has 90 valence electrons. The second-order valence-corrected chi connectivity index (χ2v) is 4.37. The lowest BCUT2D eigenvalue weighted by Gasteiger charge is -2.10. The first-order valence-corrected chi connectivity index (χ1v) is 5.76. The van der Waals surface area contributed by atoms with Crippen LogP contribution in [0.4, 0.5) is 5.82 Å². The molecule has 0 spiro atoms. The molecule has 0 saturated heterocycles. The van der Waals surface area contributed by atoms with Gasteiger partial charge in [0.05, 0.1) is 5.69 Å². The fourth-order valence-electron chi connectivity index (χ4n) is 1.95. The molecule has 0 aliphatic heterocycles. The standard InChI is InChI=1S/C12H10ClN5/c1-7-10(8-2-4-9(13)5-3-8)11(14)18-12(17-7)15-6-16-18/h2-6H,14H2,1H3. The first-order chi connectivity index (χ1) is 8.66. The molecule has 6 heteroatoms. The Morgan fingerprint density at radius 3 is 2.67 bits per heavy atom. The molecule has 0 unspecified atom stereocenters. The van der Waals surface area contributed by atoms with Crippen LogP contribution in [-0.2, 0) is 0 Å². The van der Waals surface area contributed by atoms with Crippen LogP contribution in [0.1, 0.15) is 5.69 Å². The molecule has 0 aliphatic rings. The van der Waals surface area contributed by atoms with Crippen LogP contribution in [0.15, 0.2) is 30.6 Å². The minimum Gasteiger partial charge on any atom is -0.383 e. The Morgan fingerprint density at radius 1 is 1.22 bits per heavy atom. The minimum absolute atomic E-state index is 0.503. The maximum absolute atomic E-state index is 6.12. The summed E-state index contributed by atoms with van der Waals surface area (Å²) >= 11 is 5.88. The number of nitrogens with two attached hydrogens (primary N) is 1. The average Bonchev–Trinajstić information content (AvgIpc) is 2.80. The zero-order valence-corrected chi connectivity index (χ0v) is 10.4. The lowest BCUT2D eigenvalue weighted by Crippen LogP contribution is -2.05. The van der Waals surface area contributed by atoms with E-state index >= 15 is 0 Å². The van der Waals surface area contributed by atoms with Crippen LogP contribution < -0.4 is 5.73 Å². The smallest absolute Gasteiger partial charge is 0.254 e. The zero-order valence-electron chi connectivity index (χ0n) is 9.63. The van der Waals surface area contributed by atoms with E-state index in [9.17, 15) is 0 Å². The second kappa shape index (κ2) is 3.96. The maximum Gasteiger partial charge on any atom is 0.254 e. The SMILES string of the molecule is Cc1nc2ncnn2c(N)c1-c1ccc(Cl)cc1. The van der Waals surface area contributed by atoms with Gasteiger partial charge in [0.2, 0.25) is 0 Å². The van der Waals surface area contributed by atoms with Crippen molar-refractivity contribution in [2.75, 3.05) is 5.73 Å². The fourth-order valence-corrected chi connectivity index (χ4v) is 2.08. The molecule has 0 fully saturated rings. The number of hydrogen-bond donors (Lipinski definition) is 1. The molecule has 0 amide bonds. The van der Waals surface area contributed by atoms with E-state index in [4.69, 9.17) is 17.3 Å². The van der Waals surface area contributed by atoms with Gasteiger partial charge in [-0.2, -0.15) is 14.6 Å². The minimum atomic E-state index is 0.503. The van der Waals surface area contributed by atoms with E-state index in [-0.39, 0.29) is 0 Å². The Balaban J connectivity index is 2.30. The van der Waals surface area contributed by atoms with Crippen LogP contribution in [-0.4, -0.2) is 19.6 Å². The normalized spacial score (nSPS) is 11.0. The summed E-state index contributed by atoms with van der Waals surface area (Å²) in [6.07, 6.45) is 1.43. The Kier molecular flexibility index (Phi) is 2.41. The highest BCUT2D eigenvalue weighted by Gasteiger charge is 2.13. The van der Waals surface area contributed by atoms with Gasteiger partial charge in [0.25, 0.3) is 5.78 Å². The van der Waals surface area contributed by atoms with Crippen LogP contribution in [0.2, 0.25) is 5.02 Å². The highest BCUT2D eigenvalue weighted by molar-refractivity contribution is 6.30. The number of halogens is 1. The van der Waals surface area contributed by atoms with Gasteiger partial charge in [-0.1, -0.05) is 23.7 Å².